The maximum absolute atomic E-state index is 11.9. The highest BCUT2D eigenvalue weighted by Gasteiger charge is 2.13. The van der Waals surface area contributed by atoms with E-state index in [0.29, 0.717) is 24.9 Å². The van der Waals surface area contributed by atoms with Gasteiger partial charge in [-0.3, -0.25) is 10.2 Å². The topological polar surface area (TPSA) is 97.2 Å². The molecule has 0 aliphatic rings. The smallest absolute Gasteiger partial charge is 0.354 e. The van der Waals surface area contributed by atoms with Crippen LogP contribution in [0, 0.1) is 0 Å². The van der Waals surface area contributed by atoms with Gasteiger partial charge in [0.15, 0.2) is 0 Å². The van der Waals surface area contributed by atoms with Crippen LogP contribution in [0.15, 0.2) is 29.4 Å². The van der Waals surface area contributed by atoms with Gasteiger partial charge in [-0.25, -0.2) is 4.79 Å². The fourth-order valence-corrected chi connectivity index (χ4v) is 1.78. The van der Waals surface area contributed by atoms with Crippen LogP contribution in [0.2, 0.25) is 0 Å². The van der Waals surface area contributed by atoms with Crippen molar-refractivity contribution in [3.8, 4) is 5.75 Å². The number of nitrogens with zero attached hydrogens (tertiary/aromatic N) is 1. The van der Waals surface area contributed by atoms with Crippen LogP contribution in [0.1, 0.15) is 32.6 Å². The van der Waals surface area contributed by atoms with Gasteiger partial charge in [-0.05, 0) is 50.5 Å². The number of hydrogen-bond acceptors (Lipinski definition) is 6. The zero-order valence-electron chi connectivity index (χ0n) is 13.4. The maximum atomic E-state index is 11.9. The summed E-state index contributed by atoms with van der Waals surface area (Å²) in [5, 5.41) is 12.7. The lowest BCUT2D eigenvalue weighted by Crippen LogP contribution is -2.19. The molecule has 0 atom stereocenters. The maximum Gasteiger partial charge on any atom is 0.354 e. The second-order valence-corrected chi connectivity index (χ2v) is 4.72. The van der Waals surface area contributed by atoms with Crippen molar-refractivity contribution < 1.29 is 24.2 Å². The lowest BCUT2D eigenvalue weighted by atomic mass is 10.1. The minimum Gasteiger partial charge on any atom is -0.497 e. The van der Waals surface area contributed by atoms with Gasteiger partial charge in [0.2, 0.25) is 0 Å². The van der Waals surface area contributed by atoms with Crippen LogP contribution in [0.4, 0.5) is 5.69 Å². The molecule has 0 heterocycles. The molecule has 23 heavy (non-hydrogen) atoms. The number of esters is 1. The van der Waals surface area contributed by atoms with E-state index in [1.807, 2.05) is 0 Å². The van der Waals surface area contributed by atoms with E-state index in [-0.39, 0.29) is 18.7 Å². The van der Waals surface area contributed by atoms with Crippen LogP contribution in [0.25, 0.3) is 0 Å². The number of carbonyl (C=O) groups is 2. The van der Waals surface area contributed by atoms with Gasteiger partial charge < -0.3 is 14.6 Å². The Morgan fingerprint density at radius 1 is 1.17 bits per heavy atom. The molecule has 126 valence electrons. The summed E-state index contributed by atoms with van der Waals surface area (Å²) in [6.07, 6.45) is 1.46. The van der Waals surface area contributed by atoms with Gasteiger partial charge in [-0.15, -0.1) is 0 Å². The first-order chi connectivity index (χ1) is 11.1. The molecule has 7 nitrogen and oxygen atoms in total. The molecular formula is C16H22N2O5. The second-order valence-electron chi connectivity index (χ2n) is 4.72. The predicted octanol–water partition coefficient (Wildman–Crippen LogP) is 2.67. The highest BCUT2D eigenvalue weighted by Crippen LogP contribution is 2.15. The summed E-state index contributed by atoms with van der Waals surface area (Å²) in [6, 6.07) is 7.09. The molecule has 0 saturated carbocycles. The number of carboxylic acid groups (broad SMARTS) is 1. The molecule has 0 saturated heterocycles. The lowest BCUT2D eigenvalue weighted by Gasteiger charge is -2.07. The number of rotatable bonds is 10. The van der Waals surface area contributed by atoms with Crippen molar-refractivity contribution in [1.29, 1.82) is 0 Å². The van der Waals surface area contributed by atoms with Crippen LogP contribution in [-0.4, -0.2) is 36.5 Å². The molecule has 0 amide bonds. The van der Waals surface area contributed by atoms with Crippen LogP contribution in [0.3, 0.4) is 0 Å². The van der Waals surface area contributed by atoms with Crippen molar-refractivity contribution in [2.24, 2.45) is 5.10 Å². The van der Waals surface area contributed by atoms with E-state index in [0.717, 1.165) is 5.75 Å². The molecule has 0 aliphatic heterocycles. The van der Waals surface area contributed by atoms with E-state index in [9.17, 15) is 9.59 Å². The molecule has 0 aliphatic carbocycles. The second kappa shape index (κ2) is 10.2. The first kappa shape index (κ1) is 18.5. The molecule has 2 N–H and O–H groups in total. The zero-order valence-corrected chi connectivity index (χ0v) is 13.4. The summed E-state index contributed by atoms with van der Waals surface area (Å²) in [6.45, 7) is 1.98. The largest absolute Gasteiger partial charge is 0.497 e. The molecule has 1 aromatic carbocycles. The van der Waals surface area contributed by atoms with E-state index in [1.54, 1.807) is 38.3 Å². The van der Waals surface area contributed by atoms with Crippen LogP contribution in [0.5, 0.6) is 5.75 Å². The predicted molar refractivity (Wildman–Crippen MR) is 86.8 cm³/mol. The molecule has 0 bridgehead atoms. The molecule has 0 fully saturated rings. The summed E-state index contributed by atoms with van der Waals surface area (Å²) in [4.78, 5) is 22.4. The van der Waals surface area contributed by atoms with Gasteiger partial charge in [0, 0.05) is 6.42 Å². The summed E-state index contributed by atoms with van der Waals surface area (Å²) in [5.74, 6) is -0.626. The number of aliphatic carboxylic acids is 1. The number of ether oxygens (including phenoxy) is 2. The summed E-state index contributed by atoms with van der Waals surface area (Å²) in [5.41, 5.74) is 3.75. The Morgan fingerprint density at radius 3 is 2.39 bits per heavy atom. The molecule has 1 aromatic rings. The van der Waals surface area contributed by atoms with Gasteiger partial charge in [0.25, 0.3) is 0 Å². The Hall–Kier alpha value is -2.57. The summed E-state index contributed by atoms with van der Waals surface area (Å²) >= 11 is 0. The fraction of sp³-hybridized carbons (Fsp3) is 0.438. The van der Waals surface area contributed by atoms with E-state index in [4.69, 9.17) is 14.6 Å². The number of hydrazone groups is 1. The quantitative estimate of drug-likeness (QED) is 0.297. The van der Waals surface area contributed by atoms with Crippen LogP contribution in [-0.2, 0) is 14.3 Å². The first-order valence-electron chi connectivity index (χ1n) is 7.42. The molecule has 0 unspecified atom stereocenters. The number of methoxy groups -OCH3 is 1. The van der Waals surface area contributed by atoms with Crippen molar-refractivity contribution in [2.75, 3.05) is 19.1 Å². The number of carboxylic acids is 1. The Bertz CT molecular complexity index is 540. The highest BCUT2D eigenvalue weighted by atomic mass is 16.5. The lowest BCUT2D eigenvalue weighted by molar-refractivity contribution is -0.137. The third kappa shape index (κ3) is 7.30. The average molecular weight is 322 g/mol. The van der Waals surface area contributed by atoms with Crippen molar-refractivity contribution in [1.82, 2.24) is 0 Å². The molecule has 0 aromatic heterocycles. The van der Waals surface area contributed by atoms with Gasteiger partial charge in [0.05, 0.1) is 19.4 Å². The number of hydrogen-bond donors (Lipinski definition) is 2. The number of unbranched alkanes of at least 4 members (excludes halogenated alkanes) is 1. The SMILES string of the molecule is CCOC(=O)/C(CCCCC(=O)O)=N\Nc1ccc(OC)cc1. The molecule has 1 rings (SSSR count). The average Bonchev–Trinajstić information content (AvgIpc) is 2.54. The van der Waals surface area contributed by atoms with Crippen molar-refractivity contribution in [3.63, 3.8) is 0 Å². The normalized spacial score (nSPS) is 11.0. The number of anilines is 1. The van der Waals surface area contributed by atoms with Gasteiger partial charge >= 0.3 is 11.9 Å². The van der Waals surface area contributed by atoms with E-state index in [1.165, 1.54) is 0 Å². The molecule has 7 heteroatoms. The van der Waals surface area contributed by atoms with E-state index < -0.39 is 11.9 Å². The summed E-state index contributed by atoms with van der Waals surface area (Å²) < 4.78 is 10.0. The van der Waals surface area contributed by atoms with Crippen molar-refractivity contribution >= 4 is 23.3 Å². The Labute approximate surface area is 135 Å². The van der Waals surface area contributed by atoms with Gasteiger partial charge in [-0.1, -0.05) is 0 Å². The zero-order chi connectivity index (χ0) is 17.1. The third-order valence-corrected chi connectivity index (χ3v) is 2.98. The van der Waals surface area contributed by atoms with E-state index in [2.05, 4.69) is 10.5 Å². The molecule has 0 spiro atoms. The monoisotopic (exact) mass is 322 g/mol. The van der Waals surface area contributed by atoms with Crippen LogP contribution >= 0.6 is 0 Å². The van der Waals surface area contributed by atoms with Crippen molar-refractivity contribution in [3.05, 3.63) is 24.3 Å². The number of carbonyl (C=O) groups excluding carboxylic acids is 1. The number of nitrogens with one attached hydrogen (secondary N) is 1. The fourth-order valence-electron chi connectivity index (χ4n) is 1.78. The Balaban J connectivity index is 2.65. The summed E-state index contributed by atoms with van der Waals surface area (Å²) in [7, 11) is 1.58. The Kier molecular flexibility index (Phi) is 8.20. The standard InChI is InChI=1S/C16H22N2O5/c1-3-23-16(21)14(6-4-5-7-15(19)20)18-17-12-8-10-13(22-2)11-9-12/h8-11,17H,3-7H2,1-2H3,(H,19,20)/b18-14-. The third-order valence-electron chi connectivity index (χ3n) is 2.98. The minimum absolute atomic E-state index is 0.0714. The minimum atomic E-state index is -0.851. The van der Waals surface area contributed by atoms with Gasteiger partial charge in [-0.2, -0.15) is 5.10 Å². The van der Waals surface area contributed by atoms with Gasteiger partial charge in [0.1, 0.15) is 11.5 Å². The molecule has 0 radical (unpaired) electrons. The first-order valence-corrected chi connectivity index (χ1v) is 7.42. The van der Waals surface area contributed by atoms with E-state index >= 15 is 0 Å². The Morgan fingerprint density at radius 2 is 1.83 bits per heavy atom. The van der Waals surface area contributed by atoms with Crippen molar-refractivity contribution in [2.45, 2.75) is 32.6 Å². The highest BCUT2D eigenvalue weighted by molar-refractivity contribution is 6.36. The number of benzene rings is 1. The molecular weight excluding hydrogens is 300 g/mol. The van der Waals surface area contributed by atoms with Crippen LogP contribution < -0.4 is 10.2 Å².